The fourth-order valence-corrected chi connectivity index (χ4v) is 1.97. The zero-order valence-corrected chi connectivity index (χ0v) is 10.3. The molecular weight excluding hydrogens is 272 g/mol. The summed E-state index contributed by atoms with van der Waals surface area (Å²) >= 11 is 3.44. The minimum Gasteiger partial charge on any atom is -0.481 e. The molecule has 1 N–H and O–H groups in total. The number of hydrogen-bond acceptors (Lipinski definition) is 2. The number of carbonyl (C=O) groups is 1. The highest BCUT2D eigenvalue weighted by molar-refractivity contribution is 9.10. The van der Waals surface area contributed by atoms with Gasteiger partial charge in [-0.3, -0.25) is 9.48 Å². The van der Waals surface area contributed by atoms with E-state index in [1.165, 1.54) is 0 Å². The van der Waals surface area contributed by atoms with Crippen molar-refractivity contribution >= 4 is 32.8 Å². The Morgan fingerprint density at radius 2 is 2.38 bits per heavy atom. The lowest BCUT2D eigenvalue weighted by Crippen LogP contribution is -2.16. The molecule has 0 spiro atoms. The van der Waals surface area contributed by atoms with Crippen LogP contribution < -0.4 is 0 Å². The first kappa shape index (κ1) is 11.1. The Kier molecular flexibility index (Phi) is 2.96. The molecule has 0 saturated heterocycles. The Balaban J connectivity index is 2.33. The number of carboxylic acid groups (broad SMARTS) is 1. The molecule has 4 nitrogen and oxygen atoms in total. The van der Waals surface area contributed by atoms with Crippen molar-refractivity contribution in [3.8, 4) is 0 Å². The van der Waals surface area contributed by atoms with E-state index in [0.29, 0.717) is 6.54 Å². The van der Waals surface area contributed by atoms with Crippen molar-refractivity contribution in [1.82, 2.24) is 9.78 Å². The molecule has 1 aromatic heterocycles. The van der Waals surface area contributed by atoms with E-state index >= 15 is 0 Å². The molecule has 1 unspecified atom stereocenters. The highest BCUT2D eigenvalue weighted by Gasteiger charge is 2.13. The second-order valence-corrected chi connectivity index (χ2v) is 4.62. The zero-order chi connectivity index (χ0) is 11.7. The predicted octanol–water partition coefficient (Wildman–Crippen LogP) is 2.52. The molecule has 0 aliphatic carbocycles. The molecule has 0 fully saturated rings. The van der Waals surface area contributed by atoms with Crippen LogP contribution in [0.15, 0.2) is 28.9 Å². The van der Waals surface area contributed by atoms with Gasteiger partial charge in [0.25, 0.3) is 0 Å². The fraction of sp³-hybridized carbons (Fsp3) is 0.273. The number of fused-ring (bicyclic) bond motifs is 1. The number of halogens is 1. The monoisotopic (exact) mass is 282 g/mol. The van der Waals surface area contributed by atoms with Crippen molar-refractivity contribution in [2.45, 2.75) is 13.5 Å². The maximum atomic E-state index is 10.7. The molecule has 1 aromatic carbocycles. The SMILES string of the molecule is CC(Cn1cc2c(Br)cccc2n1)C(=O)O. The minimum absolute atomic E-state index is 0.385. The Labute approximate surface area is 101 Å². The molecule has 0 saturated carbocycles. The molecule has 84 valence electrons. The van der Waals surface area contributed by atoms with E-state index in [-0.39, 0.29) is 0 Å². The summed E-state index contributed by atoms with van der Waals surface area (Å²) in [6.07, 6.45) is 1.86. The van der Waals surface area contributed by atoms with Crippen LogP contribution in [0.3, 0.4) is 0 Å². The van der Waals surface area contributed by atoms with E-state index in [9.17, 15) is 4.79 Å². The standard InChI is InChI=1S/C11H11BrN2O2/c1-7(11(15)16)5-14-6-8-9(12)3-2-4-10(8)13-14/h2-4,6-7H,5H2,1H3,(H,15,16). The van der Waals surface area contributed by atoms with Gasteiger partial charge in [-0.1, -0.05) is 28.9 Å². The third-order valence-corrected chi connectivity index (χ3v) is 3.12. The predicted molar refractivity (Wildman–Crippen MR) is 64.2 cm³/mol. The van der Waals surface area contributed by atoms with E-state index in [4.69, 9.17) is 5.11 Å². The number of carboxylic acids is 1. The summed E-state index contributed by atoms with van der Waals surface area (Å²) in [6, 6.07) is 5.75. The average Bonchev–Trinajstić information content (AvgIpc) is 2.61. The van der Waals surface area contributed by atoms with Crippen molar-refractivity contribution in [2.24, 2.45) is 5.92 Å². The number of hydrogen-bond donors (Lipinski definition) is 1. The number of rotatable bonds is 3. The number of benzene rings is 1. The van der Waals surface area contributed by atoms with Crippen molar-refractivity contribution in [2.75, 3.05) is 0 Å². The molecule has 0 bridgehead atoms. The Bertz CT molecular complexity index is 536. The van der Waals surface area contributed by atoms with Crippen LogP contribution in [0.1, 0.15) is 6.92 Å². The van der Waals surface area contributed by atoms with Gasteiger partial charge in [-0.2, -0.15) is 5.10 Å². The lowest BCUT2D eigenvalue weighted by Gasteiger charge is -2.04. The highest BCUT2D eigenvalue weighted by atomic mass is 79.9. The van der Waals surface area contributed by atoms with Gasteiger partial charge in [0.05, 0.1) is 18.0 Å². The summed E-state index contributed by atoms with van der Waals surface area (Å²) in [5, 5.41) is 14.1. The van der Waals surface area contributed by atoms with Gasteiger partial charge < -0.3 is 5.11 Å². The first-order valence-electron chi connectivity index (χ1n) is 4.92. The Morgan fingerprint density at radius 3 is 3.00 bits per heavy atom. The third kappa shape index (κ3) is 2.09. The van der Waals surface area contributed by atoms with Crippen molar-refractivity contribution in [1.29, 1.82) is 0 Å². The van der Waals surface area contributed by atoms with Gasteiger partial charge in [-0.15, -0.1) is 0 Å². The summed E-state index contributed by atoms with van der Waals surface area (Å²) in [5.41, 5.74) is 0.868. The third-order valence-electron chi connectivity index (χ3n) is 2.43. The quantitative estimate of drug-likeness (QED) is 0.941. The maximum Gasteiger partial charge on any atom is 0.308 e. The zero-order valence-electron chi connectivity index (χ0n) is 8.72. The molecule has 0 aliphatic heterocycles. The molecule has 0 aliphatic rings. The molecule has 1 heterocycles. The van der Waals surface area contributed by atoms with Crippen molar-refractivity contribution in [3.63, 3.8) is 0 Å². The van der Waals surface area contributed by atoms with E-state index in [2.05, 4.69) is 21.0 Å². The average molecular weight is 283 g/mol. The largest absolute Gasteiger partial charge is 0.481 e. The molecule has 2 rings (SSSR count). The van der Waals surface area contributed by atoms with Crippen LogP contribution in [0.2, 0.25) is 0 Å². The van der Waals surface area contributed by atoms with Crippen molar-refractivity contribution in [3.05, 3.63) is 28.9 Å². The number of aliphatic carboxylic acids is 1. The first-order chi connectivity index (χ1) is 7.58. The van der Waals surface area contributed by atoms with Gasteiger partial charge >= 0.3 is 5.97 Å². The second kappa shape index (κ2) is 4.25. The molecule has 0 amide bonds. The van der Waals surface area contributed by atoms with E-state index in [1.54, 1.807) is 11.6 Å². The smallest absolute Gasteiger partial charge is 0.308 e. The highest BCUT2D eigenvalue weighted by Crippen LogP contribution is 2.22. The summed E-state index contributed by atoms with van der Waals surface area (Å²) in [4.78, 5) is 10.7. The van der Waals surface area contributed by atoms with Crippen LogP contribution in [-0.2, 0) is 11.3 Å². The summed E-state index contributed by atoms with van der Waals surface area (Å²) < 4.78 is 2.65. The molecular formula is C11H11BrN2O2. The Morgan fingerprint density at radius 1 is 1.62 bits per heavy atom. The van der Waals surface area contributed by atoms with Crippen LogP contribution >= 0.6 is 15.9 Å². The van der Waals surface area contributed by atoms with Gasteiger partial charge in [0.15, 0.2) is 0 Å². The summed E-state index contributed by atoms with van der Waals surface area (Å²) in [7, 11) is 0. The first-order valence-corrected chi connectivity index (χ1v) is 5.71. The van der Waals surface area contributed by atoms with Gasteiger partial charge in [0.1, 0.15) is 0 Å². The van der Waals surface area contributed by atoms with E-state index in [0.717, 1.165) is 15.4 Å². The van der Waals surface area contributed by atoms with E-state index < -0.39 is 11.9 Å². The van der Waals surface area contributed by atoms with Crippen LogP contribution in [0.4, 0.5) is 0 Å². The van der Waals surface area contributed by atoms with Gasteiger partial charge in [-0.05, 0) is 12.1 Å². The minimum atomic E-state index is -0.807. The fourth-order valence-electron chi connectivity index (χ4n) is 1.51. The van der Waals surface area contributed by atoms with Crippen LogP contribution in [-0.4, -0.2) is 20.9 Å². The van der Waals surface area contributed by atoms with Gasteiger partial charge in [0, 0.05) is 16.1 Å². The number of aromatic nitrogens is 2. The van der Waals surface area contributed by atoms with Gasteiger partial charge in [-0.25, -0.2) is 0 Å². The molecule has 16 heavy (non-hydrogen) atoms. The lowest BCUT2D eigenvalue weighted by atomic mass is 10.2. The summed E-state index contributed by atoms with van der Waals surface area (Å²) in [6.45, 7) is 2.06. The topological polar surface area (TPSA) is 55.1 Å². The lowest BCUT2D eigenvalue weighted by molar-refractivity contribution is -0.141. The maximum absolute atomic E-state index is 10.7. The van der Waals surface area contributed by atoms with Crippen LogP contribution in [0.5, 0.6) is 0 Å². The Hall–Kier alpha value is -1.36. The normalized spacial score (nSPS) is 12.9. The molecule has 1 atom stereocenters. The van der Waals surface area contributed by atoms with Crippen molar-refractivity contribution < 1.29 is 9.90 Å². The van der Waals surface area contributed by atoms with Crippen LogP contribution in [0.25, 0.3) is 10.9 Å². The second-order valence-electron chi connectivity index (χ2n) is 3.76. The van der Waals surface area contributed by atoms with Gasteiger partial charge in [0.2, 0.25) is 0 Å². The number of nitrogens with zero attached hydrogens (tertiary/aromatic N) is 2. The molecule has 5 heteroatoms. The van der Waals surface area contributed by atoms with Crippen LogP contribution in [0, 0.1) is 5.92 Å². The van der Waals surface area contributed by atoms with E-state index in [1.807, 2.05) is 24.4 Å². The molecule has 2 aromatic rings. The molecule has 0 radical (unpaired) electrons. The summed E-state index contributed by atoms with van der Waals surface area (Å²) in [5.74, 6) is -1.24.